The lowest BCUT2D eigenvalue weighted by molar-refractivity contribution is -0.112. The van der Waals surface area contributed by atoms with Crippen molar-refractivity contribution in [1.82, 2.24) is 0 Å². The zero-order valence-electron chi connectivity index (χ0n) is 15.4. The van der Waals surface area contributed by atoms with Crippen LogP contribution < -0.4 is 10.6 Å². The molecule has 3 aromatic carbocycles. The molecule has 4 heteroatoms. The fourth-order valence-electron chi connectivity index (χ4n) is 2.89. The van der Waals surface area contributed by atoms with Crippen molar-refractivity contribution < 1.29 is 4.79 Å². The van der Waals surface area contributed by atoms with Crippen molar-refractivity contribution in [3.05, 3.63) is 84.1 Å². The highest BCUT2D eigenvalue weighted by Crippen LogP contribution is 2.24. The van der Waals surface area contributed by atoms with E-state index in [1.165, 1.54) is 6.20 Å². The Morgan fingerprint density at radius 2 is 1.70 bits per heavy atom. The smallest absolute Gasteiger partial charge is 0.267 e. The summed E-state index contributed by atoms with van der Waals surface area (Å²) in [5.74, 6) is -0.161. The Balaban J connectivity index is 1.77. The zero-order valence-corrected chi connectivity index (χ0v) is 15.4. The van der Waals surface area contributed by atoms with Crippen LogP contribution in [-0.4, -0.2) is 5.91 Å². The van der Waals surface area contributed by atoms with E-state index in [2.05, 4.69) is 24.5 Å². The van der Waals surface area contributed by atoms with Gasteiger partial charge < -0.3 is 10.6 Å². The Morgan fingerprint density at radius 3 is 2.44 bits per heavy atom. The Bertz CT molecular complexity index is 1040. The molecule has 2 N–H and O–H groups in total. The second kappa shape index (κ2) is 8.20. The van der Waals surface area contributed by atoms with Gasteiger partial charge in [-0.2, -0.15) is 5.26 Å². The monoisotopic (exact) mass is 355 g/mol. The Kier molecular flexibility index (Phi) is 5.53. The molecular weight excluding hydrogens is 334 g/mol. The molecule has 0 aromatic heterocycles. The number of anilines is 2. The van der Waals surface area contributed by atoms with Crippen LogP contribution >= 0.6 is 0 Å². The molecule has 0 aliphatic heterocycles. The van der Waals surface area contributed by atoms with Crippen molar-refractivity contribution in [3.8, 4) is 6.07 Å². The summed E-state index contributed by atoms with van der Waals surface area (Å²) >= 11 is 0. The van der Waals surface area contributed by atoms with Crippen molar-refractivity contribution >= 4 is 28.1 Å². The molecule has 0 bridgehead atoms. The van der Waals surface area contributed by atoms with E-state index in [0.717, 1.165) is 27.7 Å². The Labute approximate surface area is 159 Å². The Morgan fingerprint density at radius 1 is 1.00 bits per heavy atom. The molecular formula is C23H21N3O. The third-order valence-electron chi connectivity index (χ3n) is 4.33. The van der Waals surface area contributed by atoms with Gasteiger partial charge in [-0.15, -0.1) is 0 Å². The van der Waals surface area contributed by atoms with Gasteiger partial charge in [0.1, 0.15) is 11.6 Å². The molecule has 0 radical (unpaired) electrons. The number of fused-ring (bicyclic) bond motifs is 1. The molecule has 0 saturated heterocycles. The number of carbonyl (C=O) groups excluding carboxylic acids is 1. The molecule has 0 atom stereocenters. The quantitative estimate of drug-likeness (QED) is 0.474. The van der Waals surface area contributed by atoms with Gasteiger partial charge in [-0.3, -0.25) is 4.79 Å². The van der Waals surface area contributed by atoms with Crippen LogP contribution in [0.3, 0.4) is 0 Å². The summed E-state index contributed by atoms with van der Waals surface area (Å²) in [5, 5.41) is 17.5. The number of hydrogen-bond acceptors (Lipinski definition) is 3. The van der Waals surface area contributed by atoms with E-state index in [1.807, 2.05) is 72.8 Å². The van der Waals surface area contributed by atoms with Crippen LogP contribution in [0, 0.1) is 11.3 Å². The van der Waals surface area contributed by atoms with Gasteiger partial charge in [-0.1, -0.05) is 62.4 Å². The number of hydrogen-bond donors (Lipinski definition) is 2. The molecule has 0 heterocycles. The van der Waals surface area contributed by atoms with Crippen LogP contribution in [0.2, 0.25) is 0 Å². The normalized spacial score (nSPS) is 11.3. The van der Waals surface area contributed by atoms with E-state index in [0.29, 0.717) is 0 Å². The second-order valence-corrected chi connectivity index (χ2v) is 6.57. The summed E-state index contributed by atoms with van der Waals surface area (Å²) in [6.07, 6.45) is 1.44. The molecule has 4 nitrogen and oxygen atoms in total. The first-order chi connectivity index (χ1) is 13.1. The maximum absolute atomic E-state index is 12.5. The van der Waals surface area contributed by atoms with Crippen molar-refractivity contribution in [3.63, 3.8) is 0 Å². The van der Waals surface area contributed by atoms with Crippen molar-refractivity contribution in [2.75, 3.05) is 10.6 Å². The largest absolute Gasteiger partial charge is 0.360 e. The molecule has 0 aliphatic rings. The first-order valence-corrected chi connectivity index (χ1v) is 8.84. The second-order valence-electron chi connectivity index (χ2n) is 6.57. The molecule has 1 amide bonds. The van der Waals surface area contributed by atoms with E-state index in [-0.39, 0.29) is 11.5 Å². The van der Waals surface area contributed by atoms with E-state index in [9.17, 15) is 10.1 Å². The molecule has 0 spiro atoms. The van der Waals surface area contributed by atoms with E-state index >= 15 is 0 Å². The third-order valence-corrected chi connectivity index (χ3v) is 4.33. The zero-order chi connectivity index (χ0) is 19.2. The molecule has 27 heavy (non-hydrogen) atoms. The van der Waals surface area contributed by atoms with E-state index in [4.69, 9.17) is 0 Å². The standard InChI is InChI=1S/C23H21N3O/c1-16(2)21-9-5-6-10-22(21)26-23(27)19(14-24)15-25-20-12-11-17-7-3-4-8-18(17)13-20/h3-13,15-16,25H,1-2H3,(H,26,27)/b19-15-. The first kappa shape index (κ1) is 18.2. The number of nitrogens with one attached hydrogen (secondary N) is 2. The predicted molar refractivity (Wildman–Crippen MR) is 110 cm³/mol. The highest BCUT2D eigenvalue weighted by Gasteiger charge is 2.13. The van der Waals surface area contributed by atoms with Gasteiger partial charge >= 0.3 is 0 Å². The third kappa shape index (κ3) is 4.34. The number of para-hydroxylation sites is 1. The van der Waals surface area contributed by atoms with Gasteiger partial charge in [0, 0.05) is 17.6 Å². The van der Waals surface area contributed by atoms with Gasteiger partial charge in [0.15, 0.2) is 0 Å². The predicted octanol–water partition coefficient (Wildman–Crippen LogP) is 5.42. The number of carbonyl (C=O) groups is 1. The Hall–Kier alpha value is -3.58. The minimum absolute atomic E-state index is 0.0155. The average Bonchev–Trinajstić information content (AvgIpc) is 2.68. The fraction of sp³-hybridized carbons (Fsp3) is 0.130. The maximum Gasteiger partial charge on any atom is 0.267 e. The molecule has 0 fully saturated rings. The molecule has 0 aliphatic carbocycles. The topological polar surface area (TPSA) is 64.9 Å². The van der Waals surface area contributed by atoms with Crippen LogP contribution in [0.5, 0.6) is 0 Å². The SMILES string of the molecule is CC(C)c1ccccc1NC(=O)/C(C#N)=C\Nc1ccc2ccccc2c1. The number of rotatable bonds is 5. The van der Waals surface area contributed by atoms with Gasteiger partial charge in [-0.05, 0) is 40.5 Å². The van der Waals surface area contributed by atoms with E-state index < -0.39 is 5.91 Å². The number of benzene rings is 3. The van der Waals surface area contributed by atoms with Crippen LogP contribution in [0.1, 0.15) is 25.3 Å². The summed E-state index contributed by atoms with van der Waals surface area (Å²) in [6.45, 7) is 4.13. The first-order valence-electron chi connectivity index (χ1n) is 8.84. The summed E-state index contributed by atoms with van der Waals surface area (Å²) < 4.78 is 0. The molecule has 3 aromatic rings. The summed E-state index contributed by atoms with van der Waals surface area (Å²) in [5.41, 5.74) is 2.59. The average molecular weight is 355 g/mol. The van der Waals surface area contributed by atoms with Crippen molar-refractivity contribution in [1.29, 1.82) is 5.26 Å². The van der Waals surface area contributed by atoms with Crippen LogP contribution in [0.15, 0.2) is 78.5 Å². The van der Waals surface area contributed by atoms with Gasteiger partial charge in [-0.25, -0.2) is 0 Å². The van der Waals surface area contributed by atoms with Crippen molar-refractivity contribution in [2.45, 2.75) is 19.8 Å². The van der Waals surface area contributed by atoms with E-state index in [1.54, 1.807) is 0 Å². The highest BCUT2D eigenvalue weighted by atomic mass is 16.1. The van der Waals surface area contributed by atoms with Gasteiger partial charge in [0.05, 0.1) is 0 Å². The van der Waals surface area contributed by atoms with Crippen molar-refractivity contribution in [2.24, 2.45) is 0 Å². The van der Waals surface area contributed by atoms with Crippen LogP contribution in [0.4, 0.5) is 11.4 Å². The lowest BCUT2D eigenvalue weighted by atomic mass is 10.0. The fourth-order valence-corrected chi connectivity index (χ4v) is 2.89. The van der Waals surface area contributed by atoms with Crippen LogP contribution in [0.25, 0.3) is 10.8 Å². The number of nitrogens with zero attached hydrogens (tertiary/aromatic N) is 1. The highest BCUT2D eigenvalue weighted by molar-refractivity contribution is 6.07. The summed E-state index contributed by atoms with van der Waals surface area (Å²) in [6, 6.07) is 23.5. The number of amides is 1. The van der Waals surface area contributed by atoms with Crippen LogP contribution in [-0.2, 0) is 4.79 Å². The minimum atomic E-state index is -0.432. The minimum Gasteiger partial charge on any atom is -0.360 e. The lowest BCUT2D eigenvalue weighted by Gasteiger charge is -2.13. The molecule has 134 valence electrons. The number of nitriles is 1. The lowest BCUT2D eigenvalue weighted by Crippen LogP contribution is -2.16. The molecule has 0 saturated carbocycles. The molecule has 0 unspecified atom stereocenters. The molecule has 3 rings (SSSR count). The summed E-state index contributed by atoms with van der Waals surface area (Å²) in [4.78, 5) is 12.5. The maximum atomic E-state index is 12.5. The van der Waals surface area contributed by atoms with Gasteiger partial charge in [0.25, 0.3) is 5.91 Å². The van der Waals surface area contributed by atoms with Gasteiger partial charge in [0.2, 0.25) is 0 Å². The summed E-state index contributed by atoms with van der Waals surface area (Å²) in [7, 11) is 0.